The number of alkyl halides is 3. The number of urea groups is 2. The molecule has 18 rings (SSSR count). The van der Waals surface area contributed by atoms with E-state index in [1.54, 1.807) is 114 Å². The third-order valence-electron chi connectivity index (χ3n) is 22.9. The summed E-state index contributed by atoms with van der Waals surface area (Å²) in [4.78, 5) is 115. The van der Waals surface area contributed by atoms with Gasteiger partial charge in [0.05, 0.1) is 45.0 Å². The Balaban J connectivity index is 0.000000141. The number of amides is 8. The molecule has 0 unspecified atom stereocenters. The lowest BCUT2D eigenvalue weighted by atomic mass is 9.98. The molecule has 0 saturated heterocycles. The second-order valence-electron chi connectivity index (χ2n) is 32.7. The number of H-pyrrole nitrogens is 1. The van der Waals surface area contributed by atoms with Crippen molar-refractivity contribution in [3.8, 4) is 67.1 Å². The Morgan fingerprint density at radius 2 is 0.746 bits per heavy atom. The van der Waals surface area contributed by atoms with Crippen LogP contribution in [0.3, 0.4) is 0 Å². The summed E-state index contributed by atoms with van der Waals surface area (Å²) in [6.45, 7) is 14.2. The fourth-order valence-corrected chi connectivity index (χ4v) is 15.6. The molecule has 714 valence electrons. The topological polar surface area (TPSA) is 325 Å². The average molecular weight is 1900 g/mol. The van der Waals surface area contributed by atoms with Gasteiger partial charge in [0.25, 0.3) is 17.7 Å². The van der Waals surface area contributed by atoms with E-state index in [2.05, 4.69) is 128 Å². The van der Waals surface area contributed by atoms with Crippen molar-refractivity contribution >= 4 is 124 Å². The molecule has 0 bridgehead atoms. The SMILES string of the molecule is CCOC(=O)CCNC(=O)Nc1ccc(C)c(-c2ccc3ccncc3c2)c1.CCOC(=O)NC(=O)Nc1ccc(C)c(-c2ccc3ccncc3c2)c1.COc1ccc(C(=O)Nc2ccc(C)c(-c3ccc4ccncc4c3)c2)cc1OC.Cc1ccc(NC(=O)c2cccc(C(F)(F)F)c2)cc1-c1ccc2[nH]c(=O)ccc2c1.Cc1ccc(NC(=O)c2ccccc2F)cc1-c1ccc2ccncc2c1. The summed E-state index contributed by atoms with van der Waals surface area (Å²) in [7, 11) is 3.11. The first-order chi connectivity index (χ1) is 68.5. The number of carbonyl (C=O) groups is 7. The lowest BCUT2D eigenvalue weighted by molar-refractivity contribution is -0.143. The molecule has 0 aliphatic heterocycles. The molecule has 13 aromatic carbocycles. The van der Waals surface area contributed by atoms with Crippen LogP contribution in [-0.4, -0.2) is 101 Å². The van der Waals surface area contributed by atoms with Crippen molar-refractivity contribution in [1.82, 2.24) is 35.6 Å². The van der Waals surface area contributed by atoms with Gasteiger partial charge in [-0.1, -0.05) is 103 Å². The normalized spacial score (nSPS) is 10.8. The number of pyridine rings is 5. The number of esters is 1. The van der Waals surface area contributed by atoms with Gasteiger partial charge in [0.2, 0.25) is 5.56 Å². The highest BCUT2D eigenvalue weighted by atomic mass is 19.4. The van der Waals surface area contributed by atoms with Gasteiger partial charge in [0.1, 0.15) is 5.82 Å². The van der Waals surface area contributed by atoms with Crippen molar-refractivity contribution < 1.29 is 70.1 Å². The van der Waals surface area contributed by atoms with Gasteiger partial charge in [-0.25, -0.2) is 24.1 Å². The van der Waals surface area contributed by atoms with Crippen molar-refractivity contribution in [2.24, 2.45) is 0 Å². The predicted molar refractivity (Wildman–Crippen MR) is 551 cm³/mol. The van der Waals surface area contributed by atoms with E-state index in [1.165, 1.54) is 30.3 Å². The number of hydrogen-bond donors (Lipinski definition) is 8. The van der Waals surface area contributed by atoms with Crippen molar-refractivity contribution in [3.63, 3.8) is 0 Å². The van der Waals surface area contributed by atoms with Crippen LogP contribution in [0.5, 0.6) is 11.5 Å². The maximum Gasteiger partial charge on any atom is 0.416 e. The summed E-state index contributed by atoms with van der Waals surface area (Å²) < 4.78 is 72.7. The number of ether oxygens (including phenoxy) is 4. The molecular weight excluding hydrogens is 1810 g/mol. The zero-order valence-electron chi connectivity index (χ0n) is 78.8. The largest absolute Gasteiger partial charge is 0.493 e. The van der Waals surface area contributed by atoms with Gasteiger partial charge >= 0.3 is 30.3 Å². The van der Waals surface area contributed by atoms with Crippen LogP contribution >= 0.6 is 0 Å². The zero-order valence-corrected chi connectivity index (χ0v) is 78.8. The molecule has 5 heterocycles. The standard InChI is InChI=1S/C25H22N2O3.C24H17F3N2O2.C23H17FN2O.C22H23N3O3.C20H19N3O3/c1-16-4-8-21(27-25(28)19-7-9-23(29-2)24(13-19)30-3)14-22(16)18-6-5-17-10-11-26-15-20(17)12-18;1-14-5-8-19(28-23(31)17-3-2-4-18(12-17)24(25,26)27)13-20(14)15-6-9-21-16(11-15)7-10-22(30)29-21;1-15-6-9-19(26-23(27)20-4-2-3-5-22(20)24)13-21(15)17-8-7-16-10-11-25-14-18(16)12-17;1-3-28-21(26)9-11-24-22(27)25-19-7-4-15(2)20(13-19)17-6-5-16-8-10-23-14-18(16)12-17;1-3-26-20(25)23-19(24)22-17-7-4-13(2)18(11-17)15-6-5-14-8-9-21-12-16(14)10-15/h4-15H,1-3H3,(H,27,28);2-13H,1H3,(H,28,31)(H,29,30);2-14H,1H3,(H,26,27);4-8,10,12-14H,3,9,11H2,1-2H3,(H2,24,25,27);4-12H,3H2,1-2H3,(H2,22,23,24,25). The van der Waals surface area contributed by atoms with Crippen molar-refractivity contribution in [1.29, 1.82) is 0 Å². The van der Waals surface area contributed by atoms with Crippen LogP contribution < -0.4 is 52.3 Å². The number of imide groups is 1. The number of carbonyl (C=O) groups excluding carboxylic acids is 7. The third-order valence-corrected chi connectivity index (χ3v) is 22.9. The molecule has 0 radical (unpaired) electrons. The first-order valence-corrected chi connectivity index (χ1v) is 45.1. The molecule has 0 saturated carbocycles. The Labute approximate surface area is 815 Å². The van der Waals surface area contributed by atoms with Gasteiger partial charge in [0, 0.05) is 129 Å². The summed E-state index contributed by atoms with van der Waals surface area (Å²) in [5.41, 5.74) is 18.5. The maximum atomic E-state index is 13.8. The first kappa shape index (κ1) is 99.9. The number of anilines is 5. The second kappa shape index (κ2) is 46.6. The molecule has 0 aliphatic carbocycles. The molecule has 8 N–H and O–H groups in total. The molecule has 28 heteroatoms. The number of rotatable bonds is 20. The number of aromatic nitrogens is 5. The van der Waals surface area contributed by atoms with E-state index in [-0.39, 0.29) is 54.2 Å². The highest BCUT2D eigenvalue weighted by Gasteiger charge is 2.31. The summed E-state index contributed by atoms with van der Waals surface area (Å²) in [6.07, 6.45) is 9.30. The molecule has 5 aromatic heterocycles. The summed E-state index contributed by atoms with van der Waals surface area (Å²) >= 11 is 0. The van der Waals surface area contributed by atoms with E-state index in [4.69, 9.17) is 14.2 Å². The summed E-state index contributed by atoms with van der Waals surface area (Å²) in [5, 5.41) is 28.2. The van der Waals surface area contributed by atoms with Gasteiger partial charge in [-0.05, 0) is 335 Å². The third kappa shape index (κ3) is 26.2. The highest BCUT2D eigenvalue weighted by Crippen LogP contribution is 2.38. The van der Waals surface area contributed by atoms with Gasteiger partial charge < -0.3 is 55.8 Å². The number of hydrogen-bond acceptors (Lipinski definition) is 16. The molecular formula is C114H98F4N12O12. The second-order valence-corrected chi connectivity index (χ2v) is 32.7. The van der Waals surface area contributed by atoms with E-state index in [0.717, 1.165) is 150 Å². The van der Waals surface area contributed by atoms with E-state index in [9.17, 15) is 55.9 Å². The van der Waals surface area contributed by atoms with E-state index >= 15 is 0 Å². The van der Waals surface area contributed by atoms with Crippen LogP contribution in [0.25, 0.3) is 110 Å². The number of nitrogens with zero attached hydrogens (tertiary/aromatic N) is 4. The fourth-order valence-electron chi connectivity index (χ4n) is 15.6. The lowest BCUT2D eigenvalue weighted by Crippen LogP contribution is -2.34. The number of fused-ring (bicyclic) bond motifs is 5. The van der Waals surface area contributed by atoms with Gasteiger partial charge in [-0.3, -0.25) is 43.9 Å². The van der Waals surface area contributed by atoms with E-state index in [0.29, 0.717) is 51.9 Å². The average Bonchev–Trinajstić information content (AvgIpc) is 0.799. The number of nitrogens with one attached hydrogen (secondary N) is 8. The molecule has 0 aliphatic rings. The fraction of sp³-hybridized carbons (Fsp3) is 0.123. The minimum Gasteiger partial charge on any atom is -0.493 e. The lowest BCUT2D eigenvalue weighted by Gasteiger charge is -2.12. The number of halogens is 4. The maximum absolute atomic E-state index is 13.8. The highest BCUT2D eigenvalue weighted by molar-refractivity contribution is 6.08. The van der Waals surface area contributed by atoms with Crippen LogP contribution in [-0.2, 0) is 20.4 Å². The molecule has 8 amide bonds. The zero-order chi connectivity index (χ0) is 101. The van der Waals surface area contributed by atoms with Crippen LogP contribution in [0, 0.1) is 40.4 Å². The molecule has 18 aromatic rings. The number of alkyl carbamates (subject to hydrolysis) is 1. The summed E-state index contributed by atoms with van der Waals surface area (Å²) in [5.74, 6) is -1.08. The first-order valence-electron chi connectivity index (χ1n) is 45.1. The minimum atomic E-state index is -4.52. The Bertz CT molecular complexity index is 7830. The van der Waals surface area contributed by atoms with Crippen molar-refractivity contribution in [2.75, 3.05) is 60.6 Å². The number of aromatic amines is 1. The predicted octanol–water partition coefficient (Wildman–Crippen LogP) is 25.6. The molecule has 0 fully saturated rings. The van der Waals surface area contributed by atoms with E-state index < -0.39 is 41.5 Å². The van der Waals surface area contributed by atoms with Crippen molar-refractivity contribution in [3.05, 3.63) is 401 Å². The Morgan fingerprint density at radius 3 is 1.16 bits per heavy atom. The van der Waals surface area contributed by atoms with E-state index in [1.807, 2.05) is 180 Å². The molecule has 0 spiro atoms. The smallest absolute Gasteiger partial charge is 0.416 e. The summed E-state index contributed by atoms with van der Waals surface area (Å²) in [6, 6.07) is 84.0. The molecule has 24 nitrogen and oxygen atoms in total. The van der Waals surface area contributed by atoms with Crippen LogP contribution in [0.1, 0.15) is 84.7 Å². The van der Waals surface area contributed by atoms with Gasteiger partial charge in [0.15, 0.2) is 11.5 Å². The van der Waals surface area contributed by atoms with Crippen LogP contribution in [0.4, 0.5) is 60.4 Å². The quantitative estimate of drug-likeness (QED) is 0.0260. The Hall–Kier alpha value is -18.1. The van der Waals surface area contributed by atoms with Crippen LogP contribution in [0.2, 0.25) is 0 Å². The monoisotopic (exact) mass is 1900 g/mol. The number of methoxy groups -OCH3 is 2. The van der Waals surface area contributed by atoms with Crippen molar-refractivity contribution in [2.45, 2.75) is 61.1 Å². The minimum absolute atomic E-state index is 0.0244. The van der Waals surface area contributed by atoms with Gasteiger partial charge in [-0.15, -0.1) is 0 Å². The molecule has 0 atom stereocenters. The van der Waals surface area contributed by atoms with Crippen LogP contribution in [0.15, 0.2) is 339 Å². The molecule has 142 heavy (non-hydrogen) atoms. The van der Waals surface area contributed by atoms with Gasteiger partial charge in [-0.2, -0.15) is 13.2 Å². The Morgan fingerprint density at radius 1 is 0.359 bits per heavy atom. The number of benzene rings is 13. The Kier molecular flexibility index (Phi) is 32.8. The number of aryl methyl sites for hydroxylation is 5.